The van der Waals surface area contributed by atoms with Gasteiger partial charge in [-0.3, -0.25) is 0 Å². The lowest BCUT2D eigenvalue weighted by Gasteiger charge is -2.10. The quantitative estimate of drug-likeness (QED) is 0.510. The van der Waals surface area contributed by atoms with Gasteiger partial charge in [-0.25, -0.2) is 18.4 Å². The molecule has 146 valence electrons. The summed E-state index contributed by atoms with van der Waals surface area (Å²) in [6, 6.07) is 10.9. The minimum Gasteiger partial charge on any atom is -0.495 e. The van der Waals surface area contributed by atoms with Gasteiger partial charge < -0.3 is 18.9 Å². The zero-order chi connectivity index (χ0) is 19.9. The van der Waals surface area contributed by atoms with Crippen molar-refractivity contribution in [3.8, 4) is 17.2 Å². The highest BCUT2D eigenvalue weighted by atomic mass is 32.2. The first-order valence-corrected chi connectivity index (χ1v) is 9.63. The Morgan fingerprint density at radius 2 is 1.63 bits per heavy atom. The van der Waals surface area contributed by atoms with Crippen molar-refractivity contribution in [2.24, 2.45) is 5.14 Å². The van der Waals surface area contributed by atoms with Crippen molar-refractivity contribution in [1.82, 2.24) is 0 Å². The lowest BCUT2D eigenvalue weighted by molar-refractivity contribution is 0.0450. The average molecular weight is 395 g/mol. The standard InChI is InChI=1S/C18H21NO7S/c1-3-24-14-5-7-15(8-6-14)25-10-11-26-18(20)13-4-9-16(23-2)17(12-13)27(19,21)22/h4-9,12H,3,10-11H2,1-2H3,(H2,19,21,22). The molecule has 0 radical (unpaired) electrons. The van der Waals surface area contributed by atoms with Crippen molar-refractivity contribution >= 4 is 16.0 Å². The Balaban J connectivity index is 1.90. The van der Waals surface area contributed by atoms with Crippen LogP contribution in [0, 0.1) is 0 Å². The number of ether oxygens (including phenoxy) is 4. The molecular weight excluding hydrogens is 374 g/mol. The first-order chi connectivity index (χ1) is 12.8. The van der Waals surface area contributed by atoms with Crippen molar-refractivity contribution < 1.29 is 32.2 Å². The Bertz CT molecular complexity index is 879. The van der Waals surface area contributed by atoms with E-state index in [0.29, 0.717) is 12.4 Å². The number of carbonyl (C=O) groups is 1. The lowest BCUT2D eigenvalue weighted by Crippen LogP contribution is -2.16. The zero-order valence-electron chi connectivity index (χ0n) is 15.0. The van der Waals surface area contributed by atoms with Crippen LogP contribution in [0.5, 0.6) is 17.2 Å². The van der Waals surface area contributed by atoms with Crippen molar-refractivity contribution in [3.63, 3.8) is 0 Å². The molecule has 27 heavy (non-hydrogen) atoms. The second kappa shape index (κ2) is 9.24. The fraction of sp³-hybridized carbons (Fsp3) is 0.278. The second-order valence-corrected chi connectivity index (χ2v) is 6.83. The van der Waals surface area contributed by atoms with Crippen LogP contribution >= 0.6 is 0 Å². The van der Waals surface area contributed by atoms with Crippen LogP contribution < -0.4 is 19.3 Å². The van der Waals surface area contributed by atoms with Gasteiger partial charge in [-0.15, -0.1) is 0 Å². The summed E-state index contributed by atoms with van der Waals surface area (Å²) in [7, 11) is -2.73. The van der Waals surface area contributed by atoms with Gasteiger partial charge in [0.15, 0.2) is 0 Å². The van der Waals surface area contributed by atoms with E-state index in [9.17, 15) is 13.2 Å². The van der Waals surface area contributed by atoms with Crippen LogP contribution in [0.25, 0.3) is 0 Å². The number of sulfonamides is 1. The number of hydrogen-bond donors (Lipinski definition) is 1. The largest absolute Gasteiger partial charge is 0.495 e. The topological polar surface area (TPSA) is 114 Å². The number of hydrogen-bond acceptors (Lipinski definition) is 7. The summed E-state index contributed by atoms with van der Waals surface area (Å²) in [4.78, 5) is 11.8. The number of benzene rings is 2. The number of methoxy groups -OCH3 is 1. The molecule has 0 aliphatic carbocycles. The molecule has 0 amide bonds. The molecule has 2 rings (SSSR count). The van der Waals surface area contributed by atoms with Gasteiger partial charge in [-0.1, -0.05) is 0 Å². The summed E-state index contributed by atoms with van der Waals surface area (Å²) >= 11 is 0. The Morgan fingerprint density at radius 1 is 1.00 bits per heavy atom. The predicted molar refractivity (Wildman–Crippen MR) is 97.8 cm³/mol. The van der Waals surface area contributed by atoms with Crippen LogP contribution in [-0.4, -0.2) is 41.3 Å². The fourth-order valence-electron chi connectivity index (χ4n) is 2.20. The molecule has 0 spiro atoms. The highest BCUT2D eigenvalue weighted by Gasteiger charge is 2.18. The van der Waals surface area contributed by atoms with Crippen molar-refractivity contribution in [2.45, 2.75) is 11.8 Å². The third-order valence-electron chi connectivity index (χ3n) is 3.43. The van der Waals surface area contributed by atoms with Crippen LogP contribution in [0.3, 0.4) is 0 Å². The number of esters is 1. The maximum Gasteiger partial charge on any atom is 0.338 e. The molecular formula is C18H21NO7S. The number of nitrogens with two attached hydrogens (primary N) is 1. The van der Waals surface area contributed by atoms with Gasteiger partial charge in [0.25, 0.3) is 0 Å². The molecule has 9 heteroatoms. The number of carbonyl (C=O) groups excluding carboxylic acids is 1. The highest BCUT2D eigenvalue weighted by Crippen LogP contribution is 2.24. The van der Waals surface area contributed by atoms with Crippen molar-refractivity contribution in [1.29, 1.82) is 0 Å². The lowest BCUT2D eigenvalue weighted by atomic mass is 10.2. The van der Waals surface area contributed by atoms with Gasteiger partial charge in [-0.2, -0.15) is 0 Å². The normalized spacial score (nSPS) is 10.9. The van der Waals surface area contributed by atoms with Gasteiger partial charge >= 0.3 is 5.97 Å². The van der Waals surface area contributed by atoms with Crippen LogP contribution in [0.1, 0.15) is 17.3 Å². The monoisotopic (exact) mass is 395 g/mol. The van der Waals surface area contributed by atoms with Gasteiger partial charge in [-0.05, 0) is 49.4 Å². The molecule has 0 aliphatic rings. The third-order valence-corrected chi connectivity index (χ3v) is 4.36. The summed E-state index contributed by atoms with van der Waals surface area (Å²) in [5.41, 5.74) is 0.0425. The maximum atomic E-state index is 12.1. The summed E-state index contributed by atoms with van der Waals surface area (Å²) in [5.74, 6) is 0.697. The first-order valence-electron chi connectivity index (χ1n) is 8.08. The van der Waals surface area contributed by atoms with E-state index in [1.807, 2.05) is 6.92 Å². The van der Waals surface area contributed by atoms with E-state index in [-0.39, 0.29) is 29.4 Å². The predicted octanol–water partition coefficient (Wildman–Crippen LogP) is 1.98. The Morgan fingerprint density at radius 3 is 2.19 bits per heavy atom. The SMILES string of the molecule is CCOc1ccc(OCCOC(=O)c2ccc(OC)c(S(N)(=O)=O)c2)cc1. The highest BCUT2D eigenvalue weighted by molar-refractivity contribution is 7.89. The van der Waals surface area contributed by atoms with Crippen LogP contribution in [0.2, 0.25) is 0 Å². The van der Waals surface area contributed by atoms with E-state index < -0.39 is 16.0 Å². The zero-order valence-corrected chi connectivity index (χ0v) is 15.8. The molecule has 0 aliphatic heterocycles. The Labute approximate surface area is 157 Å². The molecule has 0 atom stereocenters. The maximum absolute atomic E-state index is 12.1. The van der Waals surface area contributed by atoms with Gasteiger partial charge in [0, 0.05) is 0 Å². The molecule has 2 N–H and O–H groups in total. The number of primary sulfonamides is 1. The molecule has 0 unspecified atom stereocenters. The smallest absolute Gasteiger partial charge is 0.338 e. The molecule has 0 heterocycles. The Hall–Kier alpha value is -2.78. The van der Waals surface area contributed by atoms with Crippen molar-refractivity contribution in [3.05, 3.63) is 48.0 Å². The van der Waals surface area contributed by atoms with Crippen molar-refractivity contribution in [2.75, 3.05) is 26.9 Å². The molecule has 0 saturated heterocycles. The molecule has 0 aromatic heterocycles. The van der Waals surface area contributed by atoms with Crippen LogP contribution in [0.4, 0.5) is 0 Å². The summed E-state index contributed by atoms with van der Waals surface area (Å²) in [5, 5.41) is 5.13. The van der Waals surface area contributed by atoms with E-state index >= 15 is 0 Å². The van der Waals surface area contributed by atoms with Crippen LogP contribution in [-0.2, 0) is 14.8 Å². The summed E-state index contributed by atoms with van der Waals surface area (Å²) in [6.45, 7) is 2.60. The second-order valence-electron chi connectivity index (χ2n) is 5.30. The minimum atomic E-state index is -4.04. The fourth-order valence-corrected chi connectivity index (χ4v) is 2.93. The molecule has 2 aromatic carbocycles. The van der Waals surface area contributed by atoms with Crippen LogP contribution in [0.15, 0.2) is 47.4 Å². The van der Waals surface area contributed by atoms with E-state index in [4.69, 9.17) is 24.1 Å². The average Bonchev–Trinajstić information content (AvgIpc) is 2.65. The third kappa shape index (κ3) is 5.87. The molecule has 2 aromatic rings. The first kappa shape index (κ1) is 20.5. The van der Waals surface area contributed by atoms with Gasteiger partial charge in [0.05, 0.1) is 19.3 Å². The Kier molecular flexibility index (Phi) is 7.03. The molecule has 8 nitrogen and oxygen atoms in total. The minimum absolute atomic E-state index is 0.0111. The molecule has 0 bridgehead atoms. The van der Waals surface area contributed by atoms with E-state index in [0.717, 1.165) is 11.8 Å². The van der Waals surface area contributed by atoms with E-state index in [1.54, 1.807) is 24.3 Å². The van der Waals surface area contributed by atoms with Gasteiger partial charge in [0.1, 0.15) is 35.4 Å². The molecule has 0 saturated carbocycles. The van der Waals surface area contributed by atoms with Gasteiger partial charge in [0.2, 0.25) is 10.0 Å². The summed E-state index contributed by atoms with van der Waals surface area (Å²) < 4.78 is 44.0. The summed E-state index contributed by atoms with van der Waals surface area (Å²) in [6.07, 6.45) is 0. The molecule has 0 fully saturated rings. The van der Waals surface area contributed by atoms with E-state index in [1.165, 1.54) is 19.2 Å². The van der Waals surface area contributed by atoms with E-state index in [2.05, 4.69) is 0 Å². The number of rotatable bonds is 9.